The van der Waals surface area contributed by atoms with Crippen LogP contribution in [0.1, 0.15) is 32.8 Å². The van der Waals surface area contributed by atoms with Gasteiger partial charge in [-0.15, -0.1) is 11.3 Å². The van der Waals surface area contributed by atoms with Crippen molar-refractivity contribution < 1.29 is 4.79 Å². The van der Waals surface area contributed by atoms with Crippen LogP contribution in [-0.2, 0) is 12.8 Å². The van der Waals surface area contributed by atoms with E-state index in [1.54, 1.807) is 11.3 Å². The summed E-state index contributed by atoms with van der Waals surface area (Å²) in [5.41, 5.74) is 6.68. The maximum absolute atomic E-state index is 13.3. The number of ketones is 1. The minimum absolute atomic E-state index is 0.133. The smallest absolute Gasteiger partial charge is 0.203 e. The molecule has 1 heterocycles. The third-order valence-electron chi connectivity index (χ3n) is 5.46. The van der Waals surface area contributed by atoms with E-state index in [-0.39, 0.29) is 5.78 Å². The first-order chi connectivity index (χ1) is 14.3. The lowest BCUT2D eigenvalue weighted by molar-refractivity contribution is 0.104. The molecule has 0 spiro atoms. The van der Waals surface area contributed by atoms with Crippen LogP contribution in [0, 0.1) is 0 Å². The summed E-state index contributed by atoms with van der Waals surface area (Å²) in [6.45, 7) is 0. The average Bonchev–Trinajstić information content (AvgIpc) is 3.39. The predicted molar refractivity (Wildman–Crippen MR) is 121 cm³/mol. The number of thiophene rings is 1. The van der Waals surface area contributed by atoms with Crippen molar-refractivity contribution in [3.63, 3.8) is 0 Å². The Morgan fingerprint density at radius 2 is 1.34 bits per heavy atom. The highest BCUT2D eigenvalue weighted by Crippen LogP contribution is 2.41. The second kappa shape index (κ2) is 7.69. The standard InChI is InChI=1S/C26H21NOS/c28-24(20-16-14-19(15-17-20)18-8-3-1-4-9-18)25-22-12-7-13-23(22)26(29-25)27-21-10-5-2-6-11-21/h1-6,8-11,14-17,27H,7,12-13H2. The second-order valence-electron chi connectivity index (χ2n) is 7.33. The topological polar surface area (TPSA) is 29.1 Å². The fraction of sp³-hybridized carbons (Fsp3) is 0.115. The molecule has 3 aromatic carbocycles. The van der Waals surface area contributed by atoms with Gasteiger partial charge in [0.1, 0.15) is 0 Å². The molecule has 0 aliphatic heterocycles. The van der Waals surface area contributed by atoms with Gasteiger partial charge in [-0.3, -0.25) is 4.79 Å². The SMILES string of the molecule is O=C(c1ccc(-c2ccccc2)cc1)c1sc(Nc2ccccc2)c2c1CCC2. The highest BCUT2D eigenvalue weighted by molar-refractivity contribution is 7.18. The van der Waals surface area contributed by atoms with Crippen molar-refractivity contribution in [2.75, 3.05) is 5.32 Å². The molecule has 3 heteroatoms. The Hall–Kier alpha value is -3.17. The Balaban J connectivity index is 1.45. The molecule has 0 atom stereocenters. The fourth-order valence-electron chi connectivity index (χ4n) is 3.98. The number of carbonyl (C=O) groups excluding carboxylic acids is 1. The van der Waals surface area contributed by atoms with E-state index in [0.29, 0.717) is 0 Å². The van der Waals surface area contributed by atoms with Crippen molar-refractivity contribution in [2.24, 2.45) is 0 Å². The van der Waals surface area contributed by atoms with E-state index in [0.717, 1.165) is 51.5 Å². The predicted octanol–water partition coefficient (Wildman–Crippen LogP) is 6.88. The van der Waals surface area contributed by atoms with Gasteiger partial charge < -0.3 is 5.32 Å². The van der Waals surface area contributed by atoms with E-state index in [1.165, 1.54) is 11.1 Å². The fourth-order valence-corrected chi connectivity index (χ4v) is 5.26. The number of fused-ring (bicyclic) bond motifs is 1. The lowest BCUT2D eigenvalue weighted by Gasteiger charge is -2.05. The summed E-state index contributed by atoms with van der Waals surface area (Å²) in [4.78, 5) is 14.2. The highest BCUT2D eigenvalue weighted by Gasteiger charge is 2.26. The Labute approximate surface area is 174 Å². The summed E-state index contributed by atoms with van der Waals surface area (Å²) in [5.74, 6) is 0.133. The Kier molecular flexibility index (Phi) is 4.74. The van der Waals surface area contributed by atoms with E-state index in [9.17, 15) is 4.79 Å². The molecule has 1 aliphatic rings. The molecule has 1 aliphatic carbocycles. The van der Waals surface area contributed by atoms with Crippen molar-refractivity contribution >= 4 is 27.8 Å². The minimum atomic E-state index is 0.133. The van der Waals surface area contributed by atoms with Crippen molar-refractivity contribution in [3.05, 3.63) is 106 Å². The van der Waals surface area contributed by atoms with E-state index in [4.69, 9.17) is 0 Å². The zero-order valence-electron chi connectivity index (χ0n) is 16.0. The molecule has 0 bridgehead atoms. The normalized spacial score (nSPS) is 12.6. The molecule has 142 valence electrons. The summed E-state index contributed by atoms with van der Waals surface area (Å²) in [5, 5.41) is 4.65. The summed E-state index contributed by atoms with van der Waals surface area (Å²) in [6.07, 6.45) is 3.15. The molecule has 5 rings (SSSR count). The van der Waals surface area contributed by atoms with Gasteiger partial charge in [-0.05, 0) is 53.6 Å². The zero-order valence-corrected chi connectivity index (χ0v) is 16.8. The minimum Gasteiger partial charge on any atom is -0.347 e. The molecule has 0 fully saturated rings. The third kappa shape index (κ3) is 3.50. The van der Waals surface area contributed by atoms with Crippen molar-refractivity contribution in [3.8, 4) is 11.1 Å². The van der Waals surface area contributed by atoms with Gasteiger partial charge in [0, 0.05) is 11.3 Å². The van der Waals surface area contributed by atoms with E-state index < -0.39 is 0 Å². The number of carbonyl (C=O) groups is 1. The van der Waals surface area contributed by atoms with Crippen LogP contribution in [0.5, 0.6) is 0 Å². The maximum Gasteiger partial charge on any atom is 0.203 e. The van der Waals surface area contributed by atoms with Crippen LogP contribution >= 0.6 is 11.3 Å². The molecule has 1 N–H and O–H groups in total. The van der Waals surface area contributed by atoms with Gasteiger partial charge in [-0.1, -0.05) is 72.8 Å². The Bertz CT molecular complexity index is 1140. The Morgan fingerprint density at radius 3 is 2.07 bits per heavy atom. The number of rotatable bonds is 5. The zero-order chi connectivity index (χ0) is 19.6. The molecular weight excluding hydrogens is 374 g/mol. The average molecular weight is 396 g/mol. The number of hydrogen-bond acceptors (Lipinski definition) is 3. The molecule has 1 aromatic heterocycles. The lowest BCUT2D eigenvalue weighted by atomic mass is 10.0. The van der Waals surface area contributed by atoms with Crippen LogP contribution in [-0.4, -0.2) is 5.78 Å². The van der Waals surface area contributed by atoms with Gasteiger partial charge in [0.05, 0.1) is 9.88 Å². The summed E-state index contributed by atoms with van der Waals surface area (Å²) >= 11 is 1.60. The summed E-state index contributed by atoms with van der Waals surface area (Å²) in [6, 6.07) is 28.4. The number of para-hydroxylation sites is 1. The van der Waals surface area contributed by atoms with Gasteiger partial charge in [0.25, 0.3) is 0 Å². The first kappa shape index (κ1) is 17.9. The summed E-state index contributed by atoms with van der Waals surface area (Å²) in [7, 11) is 0. The first-order valence-corrected chi connectivity index (χ1v) is 10.8. The van der Waals surface area contributed by atoms with E-state index >= 15 is 0 Å². The number of benzene rings is 3. The molecule has 0 unspecified atom stereocenters. The second-order valence-corrected chi connectivity index (χ2v) is 8.36. The van der Waals surface area contributed by atoms with Crippen LogP contribution in [0.4, 0.5) is 10.7 Å². The van der Waals surface area contributed by atoms with Crippen LogP contribution in [0.25, 0.3) is 11.1 Å². The Morgan fingerprint density at radius 1 is 0.724 bits per heavy atom. The van der Waals surface area contributed by atoms with Gasteiger partial charge in [-0.2, -0.15) is 0 Å². The number of hydrogen-bond donors (Lipinski definition) is 1. The largest absolute Gasteiger partial charge is 0.347 e. The van der Waals surface area contributed by atoms with Crippen molar-refractivity contribution in [1.29, 1.82) is 0 Å². The highest BCUT2D eigenvalue weighted by atomic mass is 32.1. The molecule has 29 heavy (non-hydrogen) atoms. The number of anilines is 2. The quantitative estimate of drug-likeness (QED) is 0.373. The molecule has 0 saturated heterocycles. The molecule has 4 aromatic rings. The van der Waals surface area contributed by atoms with Crippen LogP contribution in [0.2, 0.25) is 0 Å². The molecule has 0 radical (unpaired) electrons. The van der Waals surface area contributed by atoms with Gasteiger partial charge in [0.15, 0.2) is 0 Å². The lowest BCUT2D eigenvalue weighted by Crippen LogP contribution is -2.01. The first-order valence-electron chi connectivity index (χ1n) is 9.96. The molecule has 2 nitrogen and oxygen atoms in total. The van der Waals surface area contributed by atoms with E-state index in [2.05, 4.69) is 29.6 Å². The molecule has 0 amide bonds. The third-order valence-corrected chi connectivity index (χ3v) is 6.65. The van der Waals surface area contributed by atoms with Crippen LogP contribution < -0.4 is 5.32 Å². The number of nitrogens with one attached hydrogen (secondary N) is 1. The summed E-state index contributed by atoms with van der Waals surface area (Å²) < 4.78 is 0. The van der Waals surface area contributed by atoms with Gasteiger partial charge in [0.2, 0.25) is 5.78 Å². The molecular formula is C26H21NOS. The molecule has 0 saturated carbocycles. The van der Waals surface area contributed by atoms with Gasteiger partial charge in [-0.25, -0.2) is 0 Å². The van der Waals surface area contributed by atoms with Crippen molar-refractivity contribution in [1.82, 2.24) is 0 Å². The van der Waals surface area contributed by atoms with Crippen molar-refractivity contribution in [2.45, 2.75) is 19.3 Å². The monoisotopic (exact) mass is 395 g/mol. The van der Waals surface area contributed by atoms with Crippen LogP contribution in [0.15, 0.2) is 84.9 Å². The van der Waals surface area contributed by atoms with Crippen LogP contribution in [0.3, 0.4) is 0 Å². The van der Waals surface area contributed by atoms with E-state index in [1.807, 2.05) is 60.7 Å². The maximum atomic E-state index is 13.3. The van der Waals surface area contributed by atoms with Gasteiger partial charge >= 0.3 is 0 Å².